The van der Waals surface area contributed by atoms with Gasteiger partial charge in [-0.05, 0) is 31.9 Å². The van der Waals surface area contributed by atoms with Crippen LogP contribution in [0.5, 0.6) is 5.75 Å². The number of carbonyl (C=O) groups excluding carboxylic acids is 1. The van der Waals surface area contributed by atoms with Gasteiger partial charge in [0, 0.05) is 57.2 Å². The maximum Gasteiger partial charge on any atom is 0.223 e. The average Bonchev–Trinajstić information content (AvgIpc) is 2.89. The minimum Gasteiger partial charge on any atom is -0.497 e. The number of likely N-dealkylation sites (tertiary alicyclic amines) is 1. The molecule has 0 aromatic heterocycles. The molecule has 1 amide bonds. The first-order valence-corrected chi connectivity index (χ1v) is 9.02. The second-order valence-electron chi connectivity index (χ2n) is 7.50. The van der Waals surface area contributed by atoms with Crippen LogP contribution >= 0.6 is 0 Å². The number of piperidine rings is 1. The van der Waals surface area contributed by atoms with Crippen LogP contribution in [0.3, 0.4) is 0 Å². The fourth-order valence-corrected chi connectivity index (χ4v) is 4.74. The molecule has 0 N–H and O–H groups in total. The number of carbonyl (C=O) groups is 1. The van der Waals surface area contributed by atoms with E-state index < -0.39 is 0 Å². The Labute approximate surface area is 144 Å². The van der Waals surface area contributed by atoms with Crippen molar-refractivity contribution in [3.63, 3.8) is 0 Å². The van der Waals surface area contributed by atoms with E-state index in [0.29, 0.717) is 18.0 Å². The molecule has 0 spiro atoms. The number of ether oxygens (including phenoxy) is 1. The summed E-state index contributed by atoms with van der Waals surface area (Å²) in [4.78, 5) is 19.2. The molecular formula is C19H27N3O2. The number of fused-ring (bicyclic) bond motifs is 3. The van der Waals surface area contributed by atoms with Gasteiger partial charge in [-0.2, -0.15) is 0 Å². The molecular weight excluding hydrogens is 302 g/mol. The first-order valence-electron chi connectivity index (χ1n) is 9.02. The third-order valence-corrected chi connectivity index (χ3v) is 5.99. The summed E-state index contributed by atoms with van der Waals surface area (Å²) in [6.07, 6.45) is 1.19. The average molecular weight is 329 g/mol. The molecule has 5 nitrogen and oxygen atoms in total. The molecule has 1 fully saturated rings. The summed E-state index contributed by atoms with van der Waals surface area (Å²) in [5.41, 5.74) is 3.68. The molecule has 24 heavy (non-hydrogen) atoms. The van der Waals surface area contributed by atoms with Crippen LogP contribution in [0.2, 0.25) is 0 Å². The van der Waals surface area contributed by atoms with E-state index in [-0.39, 0.29) is 5.91 Å². The van der Waals surface area contributed by atoms with Crippen LogP contribution in [0.4, 0.5) is 11.4 Å². The Balaban J connectivity index is 1.82. The molecule has 3 heterocycles. The van der Waals surface area contributed by atoms with Crippen molar-refractivity contribution in [2.24, 2.45) is 0 Å². The van der Waals surface area contributed by atoms with Crippen LogP contribution in [-0.2, 0) is 4.79 Å². The number of methoxy groups -OCH3 is 1. The first kappa shape index (κ1) is 15.8. The van der Waals surface area contributed by atoms with Gasteiger partial charge in [0.15, 0.2) is 0 Å². The lowest BCUT2D eigenvalue weighted by Crippen LogP contribution is -2.51. The largest absolute Gasteiger partial charge is 0.497 e. The van der Waals surface area contributed by atoms with Gasteiger partial charge in [0.1, 0.15) is 5.75 Å². The van der Waals surface area contributed by atoms with Crippen molar-refractivity contribution < 1.29 is 9.53 Å². The quantitative estimate of drug-likeness (QED) is 0.835. The summed E-state index contributed by atoms with van der Waals surface area (Å²) in [5.74, 6) is 1.49. The van der Waals surface area contributed by atoms with E-state index in [0.717, 1.165) is 37.6 Å². The van der Waals surface area contributed by atoms with Gasteiger partial charge in [0.05, 0.1) is 18.5 Å². The van der Waals surface area contributed by atoms with Crippen molar-refractivity contribution in [2.45, 2.75) is 45.2 Å². The minimum absolute atomic E-state index is 0.115. The summed E-state index contributed by atoms with van der Waals surface area (Å²) in [7, 11) is 1.71. The second kappa shape index (κ2) is 5.66. The molecule has 3 aliphatic rings. The highest BCUT2D eigenvalue weighted by Gasteiger charge is 2.46. The molecule has 0 unspecified atom stereocenters. The molecule has 5 heteroatoms. The predicted molar refractivity (Wildman–Crippen MR) is 96.2 cm³/mol. The Morgan fingerprint density at radius 2 is 2.04 bits per heavy atom. The molecule has 3 aliphatic heterocycles. The van der Waals surface area contributed by atoms with E-state index in [4.69, 9.17) is 4.74 Å². The standard InChI is InChI=1S/C19H27N3O2/c1-12(2)20-6-5-17-16(11-20)15-9-14(24-4)10-18-19(15)22(17)8-7-21(18)13(3)23/h9-10,12,16-17H,5-8,11H2,1-4H3/t16-,17-/m0/s1. The Bertz CT molecular complexity index is 673. The van der Waals surface area contributed by atoms with E-state index in [2.05, 4.69) is 29.7 Å². The van der Waals surface area contributed by atoms with Gasteiger partial charge >= 0.3 is 0 Å². The number of rotatable bonds is 2. The summed E-state index contributed by atoms with van der Waals surface area (Å²) in [6, 6.07) is 5.37. The minimum atomic E-state index is 0.115. The summed E-state index contributed by atoms with van der Waals surface area (Å²) < 4.78 is 5.55. The van der Waals surface area contributed by atoms with Crippen molar-refractivity contribution in [1.82, 2.24) is 4.90 Å². The number of benzene rings is 1. The maximum absolute atomic E-state index is 12.1. The molecule has 1 saturated heterocycles. The van der Waals surface area contributed by atoms with Crippen molar-refractivity contribution in [3.8, 4) is 5.75 Å². The number of hydrogen-bond acceptors (Lipinski definition) is 4. The SMILES string of the molecule is COc1cc2c3c(c1)N(C(C)=O)CCN3[C@H]1CCN(C(C)C)C[C@@H]21. The zero-order valence-electron chi connectivity index (χ0n) is 15.1. The van der Waals surface area contributed by atoms with Crippen LogP contribution in [-0.4, -0.2) is 56.2 Å². The van der Waals surface area contributed by atoms with E-state index in [9.17, 15) is 4.79 Å². The fraction of sp³-hybridized carbons (Fsp3) is 0.632. The molecule has 1 aromatic rings. The number of nitrogens with zero attached hydrogens (tertiary/aromatic N) is 3. The van der Waals surface area contributed by atoms with Crippen molar-refractivity contribution in [3.05, 3.63) is 17.7 Å². The normalized spacial score (nSPS) is 25.7. The summed E-state index contributed by atoms with van der Waals surface area (Å²) in [6.45, 7) is 10.2. The number of anilines is 2. The summed E-state index contributed by atoms with van der Waals surface area (Å²) >= 11 is 0. The van der Waals surface area contributed by atoms with Gasteiger partial charge in [0.2, 0.25) is 5.91 Å². The van der Waals surface area contributed by atoms with Crippen molar-refractivity contribution in [2.75, 3.05) is 43.1 Å². The van der Waals surface area contributed by atoms with Crippen LogP contribution < -0.4 is 14.5 Å². The Kier molecular flexibility index (Phi) is 3.71. The molecule has 0 saturated carbocycles. The topological polar surface area (TPSA) is 36.0 Å². The lowest BCUT2D eigenvalue weighted by atomic mass is 9.88. The van der Waals surface area contributed by atoms with E-state index in [1.54, 1.807) is 14.0 Å². The van der Waals surface area contributed by atoms with Gasteiger partial charge in [-0.3, -0.25) is 4.79 Å². The predicted octanol–water partition coefficient (Wildman–Crippen LogP) is 2.45. The number of hydrogen-bond donors (Lipinski definition) is 0. The van der Waals surface area contributed by atoms with E-state index in [1.165, 1.54) is 17.7 Å². The molecule has 0 radical (unpaired) electrons. The highest BCUT2D eigenvalue weighted by atomic mass is 16.5. The molecule has 0 bridgehead atoms. The monoisotopic (exact) mass is 329 g/mol. The first-order chi connectivity index (χ1) is 11.5. The maximum atomic E-state index is 12.1. The molecule has 0 aliphatic carbocycles. The second-order valence-corrected chi connectivity index (χ2v) is 7.50. The smallest absolute Gasteiger partial charge is 0.223 e. The summed E-state index contributed by atoms with van der Waals surface area (Å²) in [5, 5.41) is 0. The Hall–Kier alpha value is -1.75. The third-order valence-electron chi connectivity index (χ3n) is 5.99. The molecule has 4 rings (SSSR count). The lowest BCUT2D eigenvalue weighted by molar-refractivity contribution is -0.116. The molecule has 130 valence electrons. The highest BCUT2D eigenvalue weighted by molar-refractivity contribution is 5.98. The van der Waals surface area contributed by atoms with Crippen LogP contribution in [0.25, 0.3) is 0 Å². The van der Waals surface area contributed by atoms with E-state index in [1.807, 2.05) is 11.0 Å². The number of amides is 1. The van der Waals surface area contributed by atoms with Gasteiger partial charge in [-0.25, -0.2) is 0 Å². The van der Waals surface area contributed by atoms with E-state index >= 15 is 0 Å². The Morgan fingerprint density at radius 1 is 1.25 bits per heavy atom. The van der Waals surface area contributed by atoms with Gasteiger partial charge in [-0.1, -0.05) is 0 Å². The molecule has 2 atom stereocenters. The fourth-order valence-electron chi connectivity index (χ4n) is 4.74. The Morgan fingerprint density at radius 3 is 2.71 bits per heavy atom. The van der Waals surface area contributed by atoms with Crippen LogP contribution in [0.1, 0.15) is 38.7 Å². The van der Waals surface area contributed by atoms with Gasteiger partial charge < -0.3 is 19.4 Å². The third kappa shape index (κ3) is 2.21. The van der Waals surface area contributed by atoms with Gasteiger partial charge in [0.25, 0.3) is 0 Å². The van der Waals surface area contributed by atoms with Gasteiger partial charge in [-0.15, -0.1) is 0 Å². The molecule has 1 aromatic carbocycles. The zero-order chi connectivity index (χ0) is 17.0. The lowest BCUT2D eigenvalue weighted by Gasteiger charge is -2.42. The highest BCUT2D eigenvalue weighted by Crippen LogP contribution is 2.52. The zero-order valence-corrected chi connectivity index (χ0v) is 15.1. The van der Waals surface area contributed by atoms with Crippen LogP contribution in [0.15, 0.2) is 12.1 Å². The van der Waals surface area contributed by atoms with Crippen molar-refractivity contribution >= 4 is 17.3 Å². The van der Waals surface area contributed by atoms with Crippen molar-refractivity contribution in [1.29, 1.82) is 0 Å². The van der Waals surface area contributed by atoms with Crippen LogP contribution in [0, 0.1) is 0 Å².